The second-order valence-electron chi connectivity index (χ2n) is 7.93. The highest BCUT2D eigenvalue weighted by Gasteiger charge is 2.21. The van der Waals surface area contributed by atoms with E-state index >= 15 is 0 Å². The van der Waals surface area contributed by atoms with Crippen molar-refractivity contribution < 1.29 is 35.9 Å². The van der Waals surface area contributed by atoms with Crippen molar-refractivity contribution in [3.05, 3.63) is 82.7 Å². The summed E-state index contributed by atoms with van der Waals surface area (Å²) in [6, 6.07) is 11.3. The quantitative estimate of drug-likeness (QED) is 0.250. The number of hydrogen-bond acceptors (Lipinski definition) is 7. The number of ether oxygens (including phenoxy) is 1. The van der Waals surface area contributed by atoms with Gasteiger partial charge in [-0.15, -0.1) is 0 Å². The van der Waals surface area contributed by atoms with Gasteiger partial charge in [0.05, 0.1) is 15.2 Å². The first kappa shape index (κ1) is 26.1. The SMILES string of the molecule is Cc1ccc(NS(=O)(=O)c2cc(C(=O)OCC(=O)Nc3nc4c(F)c(F)c(F)cc4s3)ccc2C)cc1. The lowest BCUT2D eigenvalue weighted by Gasteiger charge is -2.12. The highest BCUT2D eigenvalue weighted by molar-refractivity contribution is 7.92. The third-order valence-electron chi connectivity index (χ3n) is 5.12. The van der Waals surface area contributed by atoms with Crippen molar-refractivity contribution in [1.29, 1.82) is 0 Å². The van der Waals surface area contributed by atoms with Crippen LogP contribution in [0, 0.1) is 31.3 Å². The molecule has 0 saturated heterocycles. The summed E-state index contributed by atoms with van der Waals surface area (Å²) in [4.78, 5) is 28.2. The van der Waals surface area contributed by atoms with Gasteiger partial charge in [-0.3, -0.25) is 14.8 Å². The Labute approximate surface area is 213 Å². The Hall–Kier alpha value is -3.97. The number of sulfonamides is 1. The van der Waals surface area contributed by atoms with Gasteiger partial charge in [0.15, 0.2) is 29.2 Å². The van der Waals surface area contributed by atoms with Crippen molar-refractivity contribution in [1.82, 2.24) is 4.98 Å². The zero-order valence-corrected chi connectivity index (χ0v) is 20.9. The molecule has 4 aromatic rings. The maximum atomic E-state index is 13.8. The number of rotatable bonds is 7. The molecule has 0 saturated carbocycles. The van der Waals surface area contributed by atoms with Gasteiger partial charge in [0, 0.05) is 5.69 Å². The molecule has 2 N–H and O–H groups in total. The molecule has 1 aromatic heterocycles. The van der Waals surface area contributed by atoms with Crippen LogP contribution < -0.4 is 10.0 Å². The molecule has 0 spiro atoms. The van der Waals surface area contributed by atoms with E-state index in [1.807, 2.05) is 6.92 Å². The van der Waals surface area contributed by atoms with Crippen LogP contribution in [0.4, 0.5) is 24.0 Å². The molecule has 3 aromatic carbocycles. The maximum absolute atomic E-state index is 13.8. The number of aryl methyl sites for hydroxylation is 2. The predicted molar refractivity (Wildman–Crippen MR) is 132 cm³/mol. The van der Waals surface area contributed by atoms with E-state index in [2.05, 4.69) is 15.0 Å². The minimum Gasteiger partial charge on any atom is -0.452 e. The van der Waals surface area contributed by atoms with Crippen LogP contribution in [0.3, 0.4) is 0 Å². The van der Waals surface area contributed by atoms with Crippen LogP contribution in [-0.4, -0.2) is 31.9 Å². The molecule has 0 fully saturated rings. The first-order valence-corrected chi connectivity index (χ1v) is 12.9. The van der Waals surface area contributed by atoms with E-state index in [9.17, 15) is 31.2 Å². The summed E-state index contributed by atoms with van der Waals surface area (Å²) in [7, 11) is -4.04. The molecule has 37 heavy (non-hydrogen) atoms. The van der Waals surface area contributed by atoms with E-state index < -0.39 is 51.5 Å². The van der Waals surface area contributed by atoms with Gasteiger partial charge in [-0.05, 0) is 49.7 Å². The van der Waals surface area contributed by atoms with Crippen LogP contribution in [-0.2, 0) is 19.6 Å². The molecule has 0 atom stereocenters. The number of hydrogen-bond donors (Lipinski definition) is 2. The molecule has 0 unspecified atom stereocenters. The Bertz CT molecular complexity index is 1640. The van der Waals surface area contributed by atoms with Crippen LogP contribution in [0.5, 0.6) is 0 Å². The molecule has 13 heteroatoms. The smallest absolute Gasteiger partial charge is 0.338 e. The van der Waals surface area contributed by atoms with E-state index in [0.29, 0.717) is 22.6 Å². The van der Waals surface area contributed by atoms with Crippen LogP contribution >= 0.6 is 11.3 Å². The summed E-state index contributed by atoms with van der Waals surface area (Å²) in [5.41, 5.74) is 1.10. The van der Waals surface area contributed by atoms with Crippen LogP contribution in [0.15, 0.2) is 53.4 Å². The Kier molecular flexibility index (Phi) is 7.18. The monoisotopic (exact) mass is 549 g/mol. The zero-order chi connectivity index (χ0) is 26.9. The number of carbonyl (C=O) groups is 2. The van der Waals surface area contributed by atoms with Crippen molar-refractivity contribution in [2.75, 3.05) is 16.6 Å². The fourth-order valence-corrected chi connectivity index (χ4v) is 5.48. The van der Waals surface area contributed by atoms with Crippen molar-refractivity contribution in [2.24, 2.45) is 0 Å². The second kappa shape index (κ2) is 10.2. The van der Waals surface area contributed by atoms with Crippen molar-refractivity contribution in [2.45, 2.75) is 18.7 Å². The average Bonchev–Trinajstić information content (AvgIpc) is 3.24. The minimum absolute atomic E-state index is 0.0312. The second-order valence-corrected chi connectivity index (χ2v) is 10.6. The third-order valence-corrected chi connectivity index (χ3v) is 7.56. The van der Waals surface area contributed by atoms with Crippen molar-refractivity contribution in [3.8, 4) is 0 Å². The number of anilines is 2. The highest BCUT2D eigenvalue weighted by Crippen LogP contribution is 2.30. The topological polar surface area (TPSA) is 114 Å². The minimum atomic E-state index is -4.04. The number of fused-ring (bicyclic) bond motifs is 1. The van der Waals surface area contributed by atoms with E-state index in [-0.39, 0.29) is 20.3 Å². The average molecular weight is 550 g/mol. The van der Waals surface area contributed by atoms with E-state index in [0.717, 1.165) is 17.7 Å². The number of esters is 1. The lowest BCUT2D eigenvalue weighted by molar-refractivity contribution is -0.119. The van der Waals surface area contributed by atoms with Crippen LogP contribution in [0.25, 0.3) is 10.2 Å². The van der Waals surface area contributed by atoms with Gasteiger partial charge in [-0.1, -0.05) is 35.1 Å². The molecule has 0 aliphatic rings. The number of amides is 1. The van der Waals surface area contributed by atoms with E-state index in [1.165, 1.54) is 12.1 Å². The Morgan fingerprint density at radius 1 is 1.00 bits per heavy atom. The number of nitrogens with one attached hydrogen (secondary N) is 2. The highest BCUT2D eigenvalue weighted by atomic mass is 32.2. The first-order chi connectivity index (χ1) is 17.4. The summed E-state index contributed by atoms with van der Waals surface area (Å²) in [6.45, 7) is 2.64. The first-order valence-electron chi connectivity index (χ1n) is 10.6. The largest absolute Gasteiger partial charge is 0.452 e. The fraction of sp³-hybridized carbons (Fsp3) is 0.125. The lowest BCUT2D eigenvalue weighted by atomic mass is 10.1. The van der Waals surface area contributed by atoms with E-state index in [1.54, 1.807) is 31.2 Å². The number of carbonyl (C=O) groups excluding carboxylic acids is 2. The number of nitrogens with zero attached hydrogens (tertiary/aromatic N) is 1. The lowest BCUT2D eigenvalue weighted by Crippen LogP contribution is -2.21. The van der Waals surface area contributed by atoms with Crippen LogP contribution in [0.1, 0.15) is 21.5 Å². The van der Waals surface area contributed by atoms with Gasteiger partial charge in [0.1, 0.15) is 5.52 Å². The molecule has 0 aliphatic carbocycles. The van der Waals surface area contributed by atoms with Gasteiger partial charge < -0.3 is 4.74 Å². The summed E-state index contributed by atoms with van der Waals surface area (Å²) >= 11 is 0.697. The summed E-state index contributed by atoms with van der Waals surface area (Å²) < 4.78 is 73.7. The third kappa shape index (κ3) is 5.73. The summed E-state index contributed by atoms with van der Waals surface area (Å²) in [5, 5.41) is 2.09. The molecule has 0 radical (unpaired) electrons. The normalized spacial score (nSPS) is 11.4. The van der Waals surface area contributed by atoms with Crippen LogP contribution in [0.2, 0.25) is 0 Å². The number of aromatic nitrogens is 1. The van der Waals surface area contributed by atoms with Gasteiger partial charge in [0.2, 0.25) is 0 Å². The molecule has 1 amide bonds. The maximum Gasteiger partial charge on any atom is 0.338 e. The van der Waals surface area contributed by atoms with Gasteiger partial charge in [-0.2, -0.15) is 0 Å². The van der Waals surface area contributed by atoms with Gasteiger partial charge in [-0.25, -0.2) is 31.4 Å². The number of thiazole rings is 1. The Morgan fingerprint density at radius 2 is 1.70 bits per heavy atom. The zero-order valence-electron chi connectivity index (χ0n) is 19.3. The molecule has 0 aliphatic heterocycles. The molecular formula is C24H18F3N3O5S2. The van der Waals surface area contributed by atoms with Crippen molar-refractivity contribution >= 4 is 54.3 Å². The number of benzene rings is 3. The summed E-state index contributed by atoms with van der Waals surface area (Å²) in [6.07, 6.45) is 0. The van der Waals surface area contributed by atoms with E-state index in [4.69, 9.17) is 4.74 Å². The van der Waals surface area contributed by atoms with Gasteiger partial charge in [0.25, 0.3) is 15.9 Å². The van der Waals surface area contributed by atoms with Crippen molar-refractivity contribution in [3.63, 3.8) is 0 Å². The molecule has 4 rings (SSSR count). The predicted octanol–water partition coefficient (Wildman–Crippen LogP) is 4.93. The Balaban J connectivity index is 1.43. The number of halogens is 3. The summed E-state index contributed by atoms with van der Waals surface area (Å²) in [5.74, 6) is -6.39. The fourth-order valence-electron chi connectivity index (χ4n) is 3.25. The molecule has 0 bridgehead atoms. The molecular weight excluding hydrogens is 531 g/mol. The molecule has 1 heterocycles. The Morgan fingerprint density at radius 3 is 2.41 bits per heavy atom. The molecule has 8 nitrogen and oxygen atoms in total. The standard InChI is InChI=1S/C24H18F3N3O5S2/c1-12-3-7-15(8-4-12)30-37(33,34)18-9-14(6-5-13(18)2)23(32)35-11-19(31)28-24-29-22-17(36-24)10-16(25)20(26)21(22)27/h3-10,30H,11H2,1-2H3,(H,28,29,31). The molecule has 192 valence electrons. The van der Waals surface area contributed by atoms with Gasteiger partial charge >= 0.3 is 5.97 Å².